The van der Waals surface area contributed by atoms with E-state index in [2.05, 4.69) is 6.92 Å². The van der Waals surface area contributed by atoms with Gasteiger partial charge in [0.2, 0.25) is 0 Å². The summed E-state index contributed by atoms with van der Waals surface area (Å²) in [5, 5.41) is 0. The van der Waals surface area contributed by atoms with Gasteiger partial charge in [-0.2, -0.15) is 8.42 Å². The Kier molecular flexibility index (Phi) is 9.26. The van der Waals surface area contributed by atoms with Gasteiger partial charge in [0.1, 0.15) is 5.75 Å². The lowest BCUT2D eigenvalue weighted by Gasteiger charge is -2.10. The molecule has 0 saturated carbocycles. The van der Waals surface area contributed by atoms with Crippen molar-refractivity contribution in [2.75, 3.05) is 6.61 Å². The lowest BCUT2D eigenvalue weighted by Crippen LogP contribution is -2.02. The fourth-order valence-electron chi connectivity index (χ4n) is 2.54. The minimum absolute atomic E-state index is 0.0922. The van der Waals surface area contributed by atoms with Crippen molar-refractivity contribution in [2.24, 2.45) is 0 Å². The number of ether oxygens (including phenoxy) is 1. The SMILES string of the molecule is CCCCCCCCCCCOc1ccc(S(=O)(=O)O)cc1C. The third-order valence-electron chi connectivity index (χ3n) is 3.95. The summed E-state index contributed by atoms with van der Waals surface area (Å²) < 4.78 is 36.8. The highest BCUT2D eigenvalue weighted by Gasteiger charge is 2.11. The van der Waals surface area contributed by atoms with E-state index in [9.17, 15) is 8.42 Å². The highest BCUT2D eigenvalue weighted by molar-refractivity contribution is 7.85. The van der Waals surface area contributed by atoms with Crippen molar-refractivity contribution in [3.8, 4) is 5.75 Å². The van der Waals surface area contributed by atoms with Gasteiger partial charge in [-0.3, -0.25) is 4.55 Å². The van der Waals surface area contributed by atoms with Gasteiger partial charge < -0.3 is 4.74 Å². The molecule has 1 aromatic carbocycles. The van der Waals surface area contributed by atoms with E-state index in [0.717, 1.165) is 18.4 Å². The molecule has 5 heteroatoms. The Labute approximate surface area is 141 Å². The van der Waals surface area contributed by atoms with Crippen molar-refractivity contribution in [2.45, 2.75) is 76.5 Å². The second-order valence-electron chi connectivity index (χ2n) is 6.08. The molecule has 0 aromatic heterocycles. The van der Waals surface area contributed by atoms with Gasteiger partial charge in [-0.05, 0) is 37.1 Å². The molecule has 0 fully saturated rings. The molecule has 132 valence electrons. The van der Waals surface area contributed by atoms with Crippen LogP contribution >= 0.6 is 0 Å². The summed E-state index contributed by atoms with van der Waals surface area (Å²) in [5.74, 6) is 0.678. The highest BCUT2D eigenvalue weighted by atomic mass is 32.2. The molecular weight excluding hydrogens is 312 g/mol. The van der Waals surface area contributed by atoms with Gasteiger partial charge in [-0.25, -0.2) is 0 Å². The van der Waals surface area contributed by atoms with Crippen LogP contribution in [0.25, 0.3) is 0 Å². The zero-order valence-corrected chi connectivity index (χ0v) is 15.2. The van der Waals surface area contributed by atoms with Crippen molar-refractivity contribution in [3.05, 3.63) is 23.8 Å². The smallest absolute Gasteiger partial charge is 0.294 e. The minimum atomic E-state index is -4.14. The van der Waals surface area contributed by atoms with Crippen LogP contribution in [0.1, 0.15) is 70.3 Å². The first-order chi connectivity index (χ1) is 10.9. The quantitative estimate of drug-likeness (QED) is 0.421. The number of rotatable bonds is 12. The molecule has 0 saturated heterocycles. The number of benzene rings is 1. The number of aryl methyl sites for hydroxylation is 1. The summed E-state index contributed by atoms with van der Waals surface area (Å²) in [4.78, 5) is -0.0922. The van der Waals surface area contributed by atoms with E-state index >= 15 is 0 Å². The van der Waals surface area contributed by atoms with Crippen LogP contribution < -0.4 is 4.74 Å². The summed E-state index contributed by atoms with van der Waals surface area (Å²) >= 11 is 0. The van der Waals surface area contributed by atoms with E-state index in [1.165, 1.54) is 57.1 Å². The van der Waals surface area contributed by atoms with E-state index in [-0.39, 0.29) is 4.90 Å². The number of hydrogen-bond acceptors (Lipinski definition) is 3. The van der Waals surface area contributed by atoms with Crippen LogP contribution in [0.5, 0.6) is 5.75 Å². The topological polar surface area (TPSA) is 63.6 Å². The van der Waals surface area contributed by atoms with Gasteiger partial charge >= 0.3 is 0 Å². The van der Waals surface area contributed by atoms with Crippen LogP contribution in [0.2, 0.25) is 0 Å². The zero-order valence-electron chi connectivity index (χ0n) is 14.4. The normalized spacial score (nSPS) is 11.6. The summed E-state index contributed by atoms with van der Waals surface area (Å²) in [6.07, 6.45) is 11.4. The van der Waals surface area contributed by atoms with Gasteiger partial charge in [-0.1, -0.05) is 58.3 Å². The molecule has 0 aliphatic heterocycles. The van der Waals surface area contributed by atoms with E-state index in [1.54, 1.807) is 13.0 Å². The Morgan fingerprint density at radius 1 is 0.957 bits per heavy atom. The molecule has 23 heavy (non-hydrogen) atoms. The first kappa shape index (κ1) is 20.0. The van der Waals surface area contributed by atoms with E-state index < -0.39 is 10.1 Å². The maximum atomic E-state index is 11.1. The predicted octanol–water partition coefficient (Wildman–Crippen LogP) is 5.15. The van der Waals surface area contributed by atoms with Gasteiger partial charge in [0.25, 0.3) is 10.1 Å². The molecule has 4 nitrogen and oxygen atoms in total. The maximum absolute atomic E-state index is 11.1. The molecule has 0 spiro atoms. The Morgan fingerprint density at radius 2 is 1.52 bits per heavy atom. The lowest BCUT2D eigenvalue weighted by atomic mass is 10.1. The molecule has 0 aliphatic carbocycles. The lowest BCUT2D eigenvalue weighted by molar-refractivity contribution is 0.302. The van der Waals surface area contributed by atoms with E-state index in [1.807, 2.05) is 0 Å². The van der Waals surface area contributed by atoms with Crippen LogP contribution in [-0.4, -0.2) is 19.6 Å². The Morgan fingerprint density at radius 3 is 2.04 bits per heavy atom. The maximum Gasteiger partial charge on any atom is 0.294 e. The summed E-state index contributed by atoms with van der Waals surface area (Å²) in [7, 11) is -4.14. The van der Waals surface area contributed by atoms with Crippen molar-refractivity contribution in [1.29, 1.82) is 0 Å². The molecule has 0 radical (unpaired) electrons. The van der Waals surface area contributed by atoms with Crippen molar-refractivity contribution in [3.63, 3.8) is 0 Å². The van der Waals surface area contributed by atoms with Gasteiger partial charge in [-0.15, -0.1) is 0 Å². The first-order valence-electron chi connectivity index (χ1n) is 8.66. The van der Waals surface area contributed by atoms with Crippen molar-refractivity contribution < 1.29 is 17.7 Å². The third-order valence-corrected chi connectivity index (χ3v) is 4.80. The molecule has 1 N–H and O–H groups in total. The van der Waals surface area contributed by atoms with Gasteiger partial charge in [0.05, 0.1) is 11.5 Å². The van der Waals surface area contributed by atoms with Crippen LogP contribution in [-0.2, 0) is 10.1 Å². The van der Waals surface area contributed by atoms with Crippen molar-refractivity contribution in [1.82, 2.24) is 0 Å². The van der Waals surface area contributed by atoms with Crippen LogP contribution in [0.3, 0.4) is 0 Å². The monoisotopic (exact) mass is 342 g/mol. The number of unbranched alkanes of at least 4 members (excludes halogenated alkanes) is 8. The third kappa shape index (κ3) is 8.37. The van der Waals surface area contributed by atoms with Gasteiger partial charge in [0, 0.05) is 0 Å². The predicted molar refractivity (Wildman–Crippen MR) is 93.7 cm³/mol. The average Bonchev–Trinajstić information content (AvgIpc) is 2.49. The van der Waals surface area contributed by atoms with Gasteiger partial charge in [0.15, 0.2) is 0 Å². The molecule has 0 unspecified atom stereocenters. The Hall–Kier alpha value is -1.07. The highest BCUT2D eigenvalue weighted by Crippen LogP contribution is 2.22. The largest absolute Gasteiger partial charge is 0.493 e. The van der Waals surface area contributed by atoms with E-state index in [4.69, 9.17) is 9.29 Å². The van der Waals surface area contributed by atoms with Crippen LogP contribution in [0.15, 0.2) is 23.1 Å². The Balaban J connectivity index is 2.17. The van der Waals surface area contributed by atoms with E-state index in [0.29, 0.717) is 12.4 Å². The fourth-order valence-corrected chi connectivity index (χ4v) is 3.10. The molecular formula is C18H30O4S. The second-order valence-corrected chi connectivity index (χ2v) is 7.50. The van der Waals surface area contributed by atoms with Crippen molar-refractivity contribution >= 4 is 10.1 Å². The summed E-state index contributed by atoms with van der Waals surface area (Å²) in [5.41, 5.74) is 0.719. The Bertz CT molecular complexity index is 552. The second kappa shape index (κ2) is 10.7. The molecule has 0 amide bonds. The van der Waals surface area contributed by atoms with Crippen LogP contribution in [0.4, 0.5) is 0 Å². The molecule has 0 atom stereocenters. The zero-order chi connectivity index (χ0) is 17.1. The molecule has 0 bridgehead atoms. The minimum Gasteiger partial charge on any atom is -0.493 e. The number of hydrogen-bond donors (Lipinski definition) is 1. The summed E-state index contributed by atoms with van der Waals surface area (Å²) in [6, 6.07) is 4.40. The van der Waals surface area contributed by atoms with Crippen LogP contribution in [0, 0.1) is 6.92 Å². The summed E-state index contributed by atoms with van der Waals surface area (Å²) in [6.45, 7) is 4.65. The molecule has 0 heterocycles. The standard InChI is InChI=1S/C18H30O4S/c1-3-4-5-6-7-8-9-10-11-14-22-18-13-12-17(15-16(18)2)23(19,20)21/h12-13,15H,3-11,14H2,1-2H3,(H,19,20,21). The molecule has 0 aliphatic rings. The fraction of sp³-hybridized carbons (Fsp3) is 0.667. The first-order valence-corrected chi connectivity index (χ1v) is 10.1. The average molecular weight is 343 g/mol. The molecule has 1 aromatic rings. The molecule has 1 rings (SSSR count).